The van der Waals surface area contributed by atoms with Crippen molar-refractivity contribution >= 4 is 5.82 Å². The van der Waals surface area contributed by atoms with Gasteiger partial charge in [-0.3, -0.25) is 0 Å². The van der Waals surface area contributed by atoms with Crippen LogP contribution in [-0.2, 0) is 6.42 Å². The van der Waals surface area contributed by atoms with E-state index in [9.17, 15) is 9.50 Å². The minimum atomic E-state index is -0.428. The van der Waals surface area contributed by atoms with Crippen molar-refractivity contribution in [3.63, 3.8) is 0 Å². The van der Waals surface area contributed by atoms with Crippen molar-refractivity contribution in [1.82, 2.24) is 14.9 Å². The number of anilines is 1. The Bertz CT molecular complexity index is 771. The Balaban J connectivity index is 1.38. The normalized spacial score (nSPS) is 23.7. The van der Waals surface area contributed by atoms with Gasteiger partial charge in [0.15, 0.2) is 0 Å². The van der Waals surface area contributed by atoms with Gasteiger partial charge in [-0.2, -0.15) is 4.39 Å². The van der Waals surface area contributed by atoms with E-state index in [1.54, 1.807) is 6.07 Å². The number of hydrogen-bond acceptors (Lipinski definition) is 5. The molecular weight excluding hydrogens is 343 g/mol. The van der Waals surface area contributed by atoms with E-state index in [0.29, 0.717) is 5.92 Å². The molecule has 1 N–H and O–H groups in total. The van der Waals surface area contributed by atoms with Gasteiger partial charge in [-0.25, -0.2) is 9.97 Å². The third-order valence-electron chi connectivity index (χ3n) is 5.74. The fourth-order valence-electron chi connectivity index (χ4n) is 4.25. The maximum absolute atomic E-state index is 13.4. The number of likely N-dealkylation sites (tertiary alicyclic amines) is 1. The van der Waals surface area contributed by atoms with Crippen molar-refractivity contribution in [2.45, 2.75) is 44.2 Å². The average Bonchev–Trinajstić information content (AvgIpc) is 3.16. The van der Waals surface area contributed by atoms with E-state index in [2.05, 4.69) is 20.9 Å². The highest BCUT2D eigenvalue weighted by Gasteiger charge is 2.26. The molecule has 2 unspecified atom stereocenters. The number of halogens is 1. The van der Waals surface area contributed by atoms with E-state index in [1.165, 1.54) is 11.6 Å². The smallest absolute Gasteiger partial charge is 0.213 e. The standard InChI is InChI=1S/C21H27FN4O/c22-19-7-3-6-18(24-19)17-10-14-25(15-17)13-9-16-5-4-11-23-21(16)26-12-2-1-8-20(26)27/h3-7,11,17,20,27H,1-2,8-10,12-15H2. The molecule has 4 heterocycles. The summed E-state index contributed by atoms with van der Waals surface area (Å²) in [6, 6.07) is 9.15. The van der Waals surface area contributed by atoms with E-state index in [0.717, 1.165) is 69.8 Å². The van der Waals surface area contributed by atoms with Crippen molar-refractivity contribution in [2.24, 2.45) is 0 Å². The maximum atomic E-state index is 13.4. The molecule has 0 spiro atoms. The fraction of sp³-hybridized carbons (Fsp3) is 0.524. The van der Waals surface area contributed by atoms with Crippen LogP contribution in [0, 0.1) is 5.95 Å². The second-order valence-electron chi connectivity index (χ2n) is 7.58. The van der Waals surface area contributed by atoms with Crippen LogP contribution in [0.5, 0.6) is 0 Å². The predicted octanol–water partition coefficient (Wildman–Crippen LogP) is 2.96. The van der Waals surface area contributed by atoms with E-state index in [1.807, 2.05) is 23.2 Å². The first-order chi connectivity index (χ1) is 13.2. The number of hydrogen-bond donors (Lipinski definition) is 1. The number of aliphatic hydroxyl groups is 1. The van der Waals surface area contributed by atoms with Gasteiger partial charge in [0.1, 0.15) is 12.0 Å². The molecule has 0 bridgehead atoms. The Morgan fingerprint density at radius 3 is 2.89 bits per heavy atom. The molecule has 4 rings (SSSR count). The minimum absolute atomic E-state index is 0.304. The molecule has 2 atom stereocenters. The van der Waals surface area contributed by atoms with Crippen LogP contribution in [-0.4, -0.2) is 52.4 Å². The van der Waals surface area contributed by atoms with Crippen LogP contribution in [0.2, 0.25) is 0 Å². The fourth-order valence-corrected chi connectivity index (χ4v) is 4.25. The number of nitrogens with zero attached hydrogens (tertiary/aromatic N) is 4. The Morgan fingerprint density at radius 1 is 1.11 bits per heavy atom. The summed E-state index contributed by atoms with van der Waals surface area (Å²) in [6.45, 7) is 3.72. The third-order valence-corrected chi connectivity index (χ3v) is 5.74. The molecule has 2 aliphatic heterocycles. The first-order valence-electron chi connectivity index (χ1n) is 9.94. The second-order valence-corrected chi connectivity index (χ2v) is 7.58. The van der Waals surface area contributed by atoms with Gasteiger partial charge in [-0.15, -0.1) is 0 Å². The summed E-state index contributed by atoms with van der Waals surface area (Å²) in [7, 11) is 0. The van der Waals surface area contributed by atoms with E-state index in [-0.39, 0.29) is 0 Å². The molecule has 2 aromatic rings. The molecule has 0 radical (unpaired) electrons. The van der Waals surface area contributed by atoms with E-state index in [4.69, 9.17) is 0 Å². The molecule has 2 aliphatic rings. The molecule has 2 aromatic heterocycles. The van der Waals surface area contributed by atoms with Crippen molar-refractivity contribution in [1.29, 1.82) is 0 Å². The van der Waals surface area contributed by atoms with Gasteiger partial charge in [-0.1, -0.05) is 12.1 Å². The van der Waals surface area contributed by atoms with Crippen molar-refractivity contribution < 1.29 is 9.50 Å². The number of rotatable bonds is 5. The third kappa shape index (κ3) is 4.28. The molecule has 144 valence electrons. The number of aromatic nitrogens is 2. The van der Waals surface area contributed by atoms with Gasteiger partial charge in [0.05, 0.1) is 0 Å². The van der Waals surface area contributed by atoms with Gasteiger partial charge in [0.2, 0.25) is 5.95 Å². The molecule has 2 fully saturated rings. The highest BCUT2D eigenvalue weighted by molar-refractivity contribution is 5.47. The van der Waals surface area contributed by atoms with Crippen LogP contribution in [0.4, 0.5) is 10.2 Å². The molecule has 27 heavy (non-hydrogen) atoms. The Hall–Kier alpha value is -2.05. The van der Waals surface area contributed by atoms with Crippen molar-refractivity contribution in [3.05, 3.63) is 53.7 Å². The van der Waals surface area contributed by atoms with Crippen molar-refractivity contribution in [3.8, 4) is 0 Å². The summed E-state index contributed by atoms with van der Waals surface area (Å²) in [5.74, 6) is 0.830. The summed E-state index contributed by atoms with van der Waals surface area (Å²) in [5, 5.41) is 10.3. The van der Waals surface area contributed by atoms with Gasteiger partial charge in [0, 0.05) is 37.4 Å². The van der Waals surface area contributed by atoms with E-state index < -0.39 is 12.2 Å². The lowest BCUT2D eigenvalue weighted by atomic mass is 10.0. The van der Waals surface area contributed by atoms with Crippen LogP contribution < -0.4 is 4.90 Å². The summed E-state index contributed by atoms with van der Waals surface area (Å²) < 4.78 is 13.4. The second kappa shape index (κ2) is 8.31. The van der Waals surface area contributed by atoms with Gasteiger partial charge in [0.25, 0.3) is 0 Å². The predicted molar refractivity (Wildman–Crippen MR) is 103 cm³/mol. The van der Waals surface area contributed by atoms with Crippen molar-refractivity contribution in [2.75, 3.05) is 31.1 Å². The molecular formula is C21H27FN4O. The minimum Gasteiger partial charge on any atom is -0.374 e. The maximum Gasteiger partial charge on any atom is 0.213 e. The van der Waals surface area contributed by atoms with Crippen LogP contribution in [0.15, 0.2) is 36.5 Å². The summed E-state index contributed by atoms with van der Waals surface area (Å²) in [5.41, 5.74) is 2.04. The molecule has 0 saturated carbocycles. The van der Waals surface area contributed by atoms with Crippen LogP contribution in [0.3, 0.4) is 0 Å². The highest BCUT2D eigenvalue weighted by atomic mass is 19.1. The number of piperidine rings is 1. The lowest BCUT2D eigenvalue weighted by Crippen LogP contribution is -2.40. The molecule has 0 amide bonds. The van der Waals surface area contributed by atoms with Gasteiger partial charge >= 0.3 is 0 Å². The topological polar surface area (TPSA) is 52.5 Å². The first-order valence-corrected chi connectivity index (χ1v) is 9.94. The number of aliphatic hydroxyl groups excluding tert-OH is 1. The SMILES string of the molecule is OC1CCCCN1c1ncccc1CCN1CCC(c2cccc(F)n2)C1. The summed E-state index contributed by atoms with van der Waals surface area (Å²) >= 11 is 0. The highest BCUT2D eigenvalue weighted by Crippen LogP contribution is 2.28. The number of pyridine rings is 2. The lowest BCUT2D eigenvalue weighted by Gasteiger charge is -2.34. The lowest BCUT2D eigenvalue weighted by molar-refractivity contribution is 0.139. The van der Waals surface area contributed by atoms with Crippen LogP contribution in [0.1, 0.15) is 42.9 Å². The average molecular weight is 370 g/mol. The molecule has 6 heteroatoms. The monoisotopic (exact) mass is 370 g/mol. The quantitative estimate of drug-likeness (QED) is 0.820. The Kier molecular flexibility index (Phi) is 5.64. The van der Waals surface area contributed by atoms with Crippen LogP contribution in [0.25, 0.3) is 0 Å². The Labute approximate surface area is 159 Å². The van der Waals surface area contributed by atoms with Crippen LogP contribution >= 0.6 is 0 Å². The first kappa shape index (κ1) is 18.3. The summed E-state index contributed by atoms with van der Waals surface area (Å²) in [6.07, 6.45) is 6.27. The summed E-state index contributed by atoms with van der Waals surface area (Å²) in [4.78, 5) is 13.1. The zero-order valence-electron chi connectivity index (χ0n) is 15.6. The zero-order chi connectivity index (χ0) is 18.6. The molecule has 2 saturated heterocycles. The molecule has 0 aromatic carbocycles. The molecule has 5 nitrogen and oxygen atoms in total. The molecule has 0 aliphatic carbocycles. The van der Waals surface area contributed by atoms with E-state index >= 15 is 0 Å². The van der Waals surface area contributed by atoms with Gasteiger partial charge in [-0.05, 0) is 62.4 Å². The Morgan fingerprint density at radius 2 is 2.04 bits per heavy atom. The zero-order valence-corrected chi connectivity index (χ0v) is 15.6. The largest absolute Gasteiger partial charge is 0.374 e. The van der Waals surface area contributed by atoms with Gasteiger partial charge < -0.3 is 14.9 Å².